The number of aromatic amines is 1. The van der Waals surface area contributed by atoms with Gasteiger partial charge in [0.05, 0.1) is 24.3 Å². The SMILES string of the molecule is N/C(=N\O)c1cn[nH]c1NC(=O)C1CCOC1. The third-order valence-electron chi connectivity index (χ3n) is 2.57. The predicted molar refractivity (Wildman–Crippen MR) is 58.7 cm³/mol. The van der Waals surface area contributed by atoms with Gasteiger partial charge in [0.2, 0.25) is 5.91 Å². The van der Waals surface area contributed by atoms with E-state index in [1.807, 2.05) is 0 Å². The second-order valence-corrected chi connectivity index (χ2v) is 3.69. The molecule has 1 aromatic heterocycles. The van der Waals surface area contributed by atoms with Crippen LogP contribution in [0.3, 0.4) is 0 Å². The van der Waals surface area contributed by atoms with Crippen LogP contribution in [0.5, 0.6) is 0 Å². The van der Waals surface area contributed by atoms with Gasteiger partial charge in [0.25, 0.3) is 0 Å². The Labute approximate surface area is 96.8 Å². The standard InChI is InChI=1S/C9H13N5O3/c10-7(14-16)6-3-11-13-8(6)12-9(15)5-1-2-17-4-5/h3,5,16H,1-2,4H2,(H2,10,14)(H2,11,12,13,15). The van der Waals surface area contributed by atoms with E-state index in [0.717, 1.165) is 0 Å². The van der Waals surface area contributed by atoms with Crippen LogP contribution >= 0.6 is 0 Å². The normalized spacial score (nSPS) is 20.5. The molecular formula is C9H13N5O3. The average Bonchev–Trinajstić information content (AvgIpc) is 2.98. The van der Waals surface area contributed by atoms with Crippen LogP contribution in [-0.4, -0.2) is 40.4 Å². The van der Waals surface area contributed by atoms with E-state index in [0.29, 0.717) is 31.0 Å². The number of hydrogen-bond donors (Lipinski definition) is 4. The molecule has 1 aliphatic heterocycles. The third kappa shape index (κ3) is 2.36. The van der Waals surface area contributed by atoms with E-state index in [1.165, 1.54) is 6.20 Å². The number of nitrogens with one attached hydrogen (secondary N) is 2. The van der Waals surface area contributed by atoms with Gasteiger partial charge in [-0.1, -0.05) is 5.16 Å². The maximum Gasteiger partial charge on any atom is 0.231 e. The first-order valence-electron chi connectivity index (χ1n) is 5.12. The molecule has 0 bridgehead atoms. The Morgan fingerprint density at radius 2 is 2.59 bits per heavy atom. The minimum atomic E-state index is -0.168. The van der Waals surface area contributed by atoms with Crippen molar-refractivity contribution in [3.8, 4) is 0 Å². The molecule has 1 atom stereocenters. The lowest BCUT2D eigenvalue weighted by Crippen LogP contribution is -2.25. The van der Waals surface area contributed by atoms with Crippen LogP contribution in [-0.2, 0) is 9.53 Å². The molecule has 0 saturated carbocycles. The first kappa shape index (κ1) is 11.4. The number of H-pyrrole nitrogens is 1. The Hall–Kier alpha value is -2.09. The number of oxime groups is 1. The number of carbonyl (C=O) groups is 1. The molecule has 17 heavy (non-hydrogen) atoms. The van der Waals surface area contributed by atoms with Crippen LogP contribution in [0.25, 0.3) is 0 Å². The highest BCUT2D eigenvalue weighted by Crippen LogP contribution is 2.16. The molecular weight excluding hydrogens is 226 g/mol. The monoisotopic (exact) mass is 239 g/mol. The molecule has 2 rings (SSSR count). The summed E-state index contributed by atoms with van der Waals surface area (Å²) in [5.41, 5.74) is 5.78. The fourth-order valence-electron chi connectivity index (χ4n) is 1.60. The summed E-state index contributed by atoms with van der Waals surface area (Å²) in [6, 6.07) is 0. The quantitative estimate of drug-likeness (QED) is 0.244. The van der Waals surface area contributed by atoms with Crippen molar-refractivity contribution in [2.75, 3.05) is 18.5 Å². The van der Waals surface area contributed by atoms with Gasteiger partial charge in [0, 0.05) is 6.61 Å². The molecule has 0 spiro atoms. The van der Waals surface area contributed by atoms with Crippen LogP contribution in [0.2, 0.25) is 0 Å². The minimum absolute atomic E-state index is 0.114. The van der Waals surface area contributed by atoms with Gasteiger partial charge < -0.3 is 21.0 Å². The second-order valence-electron chi connectivity index (χ2n) is 3.69. The van der Waals surface area contributed by atoms with Gasteiger partial charge in [-0.2, -0.15) is 5.10 Å². The molecule has 8 nitrogen and oxygen atoms in total. The van der Waals surface area contributed by atoms with Gasteiger partial charge >= 0.3 is 0 Å². The number of nitrogens with zero attached hydrogens (tertiary/aromatic N) is 2. The Balaban J connectivity index is 2.08. The number of amidine groups is 1. The zero-order valence-electron chi connectivity index (χ0n) is 9.01. The first-order chi connectivity index (χ1) is 8.22. The smallest absolute Gasteiger partial charge is 0.231 e. The highest BCUT2D eigenvalue weighted by molar-refractivity contribution is 6.04. The summed E-state index contributed by atoms with van der Waals surface area (Å²) in [6.45, 7) is 1.01. The molecule has 0 radical (unpaired) electrons. The molecule has 0 aliphatic carbocycles. The summed E-state index contributed by atoms with van der Waals surface area (Å²) in [7, 11) is 0. The van der Waals surface area contributed by atoms with Crippen LogP contribution in [0, 0.1) is 5.92 Å². The van der Waals surface area contributed by atoms with Crippen molar-refractivity contribution in [3.63, 3.8) is 0 Å². The van der Waals surface area contributed by atoms with Gasteiger partial charge in [-0.05, 0) is 6.42 Å². The predicted octanol–water partition coefficient (Wildman–Crippen LogP) is -0.521. The number of rotatable bonds is 3. The van der Waals surface area contributed by atoms with Crippen molar-refractivity contribution in [1.82, 2.24) is 10.2 Å². The van der Waals surface area contributed by atoms with Gasteiger partial charge in [-0.3, -0.25) is 9.89 Å². The molecule has 5 N–H and O–H groups in total. The van der Waals surface area contributed by atoms with Gasteiger partial charge in [0.1, 0.15) is 5.82 Å². The van der Waals surface area contributed by atoms with E-state index in [-0.39, 0.29) is 17.7 Å². The Kier molecular flexibility index (Phi) is 3.24. The van der Waals surface area contributed by atoms with E-state index in [9.17, 15) is 4.79 Å². The number of aromatic nitrogens is 2. The molecule has 2 heterocycles. The van der Waals surface area contributed by atoms with Gasteiger partial charge in [-0.15, -0.1) is 0 Å². The number of amides is 1. The Morgan fingerprint density at radius 3 is 3.24 bits per heavy atom. The summed E-state index contributed by atoms with van der Waals surface area (Å²) in [5.74, 6) is -0.133. The fraction of sp³-hybridized carbons (Fsp3) is 0.444. The summed E-state index contributed by atoms with van der Waals surface area (Å²) >= 11 is 0. The van der Waals surface area contributed by atoms with Crippen molar-refractivity contribution >= 4 is 17.6 Å². The molecule has 0 aromatic carbocycles. The maximum atomic E-state index is 11.8. The summed E-state index contributed by atoms with van der Waals surface area (Å²) in [4.78, 5) is 11.8. The Bertz CT molecular complexity index is 436. The number of carbonyl (C=O) groups excluding carboxylic acids is 1. The molecule has 8 heteroatoms. The van der Waals surface area contributed by atoms with Crippen LogP contribution in [0.4, 0.5) is 5.82 Å². The summed E-state index contributed by atoms with van der Waals surface area (Å²) in [6.07, 6.45) is 2.06. The molecule has 92 valence electrons. The molecule has 1 saturated heterocycles. The summed E-state index contributed by atoms with van der Waals surface area (Å²) in [5, 5.41) is 20.4. The number of nitrogens with two attached hydrogens (primary N) is 1. The molecule has 1 aromatic rings. The molecule has 1 aliphatic rings. The fourth-order valence-corrected chi connectivity index (χ4v) is 1.60. The number of ether oxygens (including phenoxy) is 1. The van der Waals surface area contributed by atoms with E-state index in [2.05, 4.69) is 20.7 Å². The summed E-state index contributed by atoms with van der Waals surface area (Å²) < 4.78 is 5.12. The lowest BCUT2D eigenvalue weighted by atomic mass is 10.1. The zero-order valence-corrected chi connectivity index (χ0v) is 9.01. The highest BCUT2D eigenvalue weighted by Gasteiger charge is 2.24. The average molecular weight is 239 g/mol. The van der Waals surface area contributed by atoms with Crippen molar-refractivity contribution in [2.45, 2.75) is 6.42 Å². The largest absolute Gasteiger partial charge is 0.409 e. The van der Waals surface area contributed by atoms with Crippen LogP contribution in [0.15, 0.2) is 11.4 Å². The van der Waals surface area contributed by atoms with Crippen molar-refractivity contribution in [1.29, 1.82) is 0 Å². The molecule has 1 amide bonds. The van der Waals surface area contributed by atoms with E-state index >= 15 is 0 Å². The van der Waals surface area contributed by atoms with Gasteiger partial charge in [0.15, 0.2) is 5.84 Å². The van der Waals surface area contributed by atoms with E-state index in [4.69, 9.17) is 15.7 Å². The minimum Gasteiger partial charge on any atom is -0.409 e. The Morgan fingerprint density at radius 1 is 1.76 bits per heavy atom. The molecule has 1 unspecified atom stereocenters. The van der Waals surface area contributed by atoms with Gasteiger partial charge in [-0.25, -0.2) is 0 Å². The lowest BCUT2D eigenvalue weighted by molar-refractivity contribution is -0.119. The van der Waals surface area contributed by atoms with Crippen molar-refractivity contribution in [2.24, 2.45) is 16.8 Å². The van der Waals surface area contributed by atoms with Crippen molar-refractivity contribution in [3.05, 3.63) is 11.8 Å². The highest BCUT2D eigenvalue weighted by atomic mass is 16.5. The topological polar surface area (TPSA) is 126 Å². The van der Waals surface area contributed by atoms with E-state index in [1.54, 1.807) is 0 Å². The third-order valence-corrected chi connectivity index (χ3v) is 2.57. The van der Waals surface area contributed by atoms with Crippen molar-refractivity contribution < 1.29 is 14.7 Å². The number of anilines is 1. The second kappa shape index (κ2) is 4.83. The van der Waals surface area contributed by atoms with Crippen LogP contribution < -0.4 is 11.1 Å². The van der Waals surface area contributed by atoms with E-state index < -0.39 is 0 Å². The molecule has 1 fully saturated rings. The first-order valence-corrected chi connectivity index (χ1v) is 5.12. The number of hydrogen-bond acceptors (Lipinski definition) is 5. The zero-order chi connectivity index (χ0) is 12.3. The lowest BCUT2D eigenvalue weighted by Gasteiger charge is -2.08. The van der Waals surface area contributed by atoms with Crippen LogP contribution in [0.1, 0.15) is 12.0 Å². The maximum absolute atomic E-state index is 11.8.